The van der Waals surface area contributed by atoms with E-state index in [0.717, 1.165) is 38.5 Å². The minimum atomic E-state index is -0.902. The highest BCUT2D eigenvalue weighted by Crippen LogP contribution is 2.65. The Balaban J connectivity index is 1.55. The molecule has 0 aromatic carbocycles. The van der Waals surface area contributed by atoms with E-state index in [9.17, 15) is 24.0 Å². The SMILES string of the molecule is C=CC(=O)[C@H](C[C@@H]1CCCNC1=O)NC(=O)[C@@H]1[C@@H]2[C@H](CN1C(=O)C(NC(=O)OC(C)(C)C)C1CCCCC1)C2(C)C. The molecule has 3 N–H and O–H groups in total. The quantitative estimate of drug-likeness (QED) is 0.364. The molecule has 2 aliphatic carbocycles. The smallest absolute Gasteiger partial charge is 0.408 e. The number of hydrogen-bond donors (Lipinski definition) is 3. The van der Waals surface area contributed by atoms with Gasteiger partial charge in [0.15, 0.2) is 5.78 Å². The lowest BCUT2D eigenvalue weighted by molar-refractivity contribution is -0.143. The van der Waals surface area contributed by atoms with E-state index in [-0.39, 0.29) is 53.1 Å². The van der Waals surface area contributed by atoms with Gasteiger partial charge in [-0.25, -0.2) is 4.79 Å². The zero-order chi connectivity index (χ0) is 30.1. The first-order valence-electron chi connectivity index (χ1n) is 15.3. The maximum atomic E-state index is 14.2. The van der Waals surface area contributed by atoms with E-state index in [4.69, 9.17) is 4.74 Å². The lowest BCUT2D eigenvalue weighted by Crippen LogP contribution is -2.59. The number of carbonyl (C=O) groups is 5. The van der Waals surface area contributed by atoms with Crippen molar-refractivity contribution in [3.05, 3.63) is 12.7 Å². The van der Waals surface area contributed by atoms with Gasteiger partial charge in [-0.2, -0.15) is 0 Å². The summed E-state index contributed by atoms with van der Waals surface area (Å²) in [7, 11) is 0. The van der Waals surface area contributed by atoms with Crippen molar-refractivity contribution in [3.63, 3.8) is 0 Å². The molecule has 0 aromatic rings. The van der Waals surface area contributed by atoms with Gasteiger partial charge in [0, 0.05) is 19.0 Å². The molecular weight excluding hydrogens is 524 g/mol. The van der Waals surface area contributed by atoms with Gasteiger partial charge in [-0.1, -0.05) is 39.7 Å². The van der Waals surface area contributed by atoms with Gasteiger partial charge in [0.2, 0.25) is 17.7 Å². The van der Waals surface area contributed by atoms with Gasteiger partial charge in [-0.05, 0) is 82.1 Å². The minimum absolute atomic E-state index is 0.0441. The molecule has 0 aromatic heterocycles. The van der Waals surface area contributed by atoms with Crippen molar-refractivity contribution in [2.24, 2.45) is 29.1 Å². The highest BCUT2D eigenvalue weighted by molar-refractivity contribution is 5.99. The molecule has 4 rings (SSSR count). The molecule has 10 nitrogen and oxygen atoms in total. The molecule has 228 valence electrons. The summed E-state index contributed by atoms with van der Waals surface area (Å²) < 4.78 is 5.50. The van der Waals surface area contributed by atoms with Crippen molar-refractivity contribution in [1.29, 1.82) is 0 Å². The van der Waals surface area contributed by atoms with Crippen LogP contribution in [-0.4, -0.2) is 71.3 Å². The zero-order valence-corrected chi connectivity index (χ0v) is 25.3. The summed E-state index contributed by atoms with van der Waals surface area (Å²) >= 11 is 0. The van der Waals surface area contributed by atoms with Crippen molar-refractivity contribution < 1.29 is 28.7 Å². The highest BCUT2D eigenvalue weighted by Gasteiger charge is 2.69. The normalized spacial score (nSPS) is 28.9. The fourth-order valence-electron chi connectivity index (χ4n) is 7.27. The average molecular weight is 573 g/mol. The fourth-order valence-corrected chi connectivity index (χ4v) is 7.27. The van der Waals surface area contributed by atoms with Crippen LogP contribution in [-0.2, 0) is 23.9 Å². The molecule has 2 aliphatic heterocycles. The van der Waals surface area contributed by atoms with Crippen molar-refractivity contribution >= 4 is 29.6 Å². The molecule has 2 saturated heterocycles. The van der Waals surface area contributed by atoms with Crippen molar-refractivity contribution in [3.8, 4) is 0 Å². The second kappa shape index (κ2) is 12.1. The summed E-state index contributed by atoms with van der Waals surface area (Å²) in [5, 5.41) is 8.60. The van der Waals surface area contributed by atoms with Crippen molar-refractivity contribution in [2.45, 2.75) is 110 Å². The van der Waals surface area contributed by atoms with E-state index in [1.165, 1.54) is 6.08 Å². The lowest BCUT2D eigenvalue weighted by atomic mass is 9.83. The van der Waals surface area contributed by atoms with Gasteiger partial charge < -0.3 is 25.6 Å². The number of hydrogen-bond acceptors (Lipinski definition) is 6. The molecule has 0 bridgehead atoms. The first-order chi connectivity index (χ1) is 19.2. The minimum Gasteiger partial charge on any atom is -0.444 e. The Kier molecular flexibility index (Phi) is 9.19. The Morgan fingerprint density at radius 1 is 1.10 bits per heavy atom. The van der Waals surface area contributed by atoms with E-state index in [0.29, 0.717) is 19.5 Å². The van der Waals surface area contributed by atoms with Gasteiger partial charge >= 0.3 is 6.09 Å². The van der Waals surface area contributed by atoms with Crippen LogP contribution >= 0.6 is 0 Å². The van der Waals surface area contributed by atoms with E-state index in [2.05, 4.69) is 36.4 Å². The number of nitrogens with zero attached hydrogens (tertiary/aromatic N) is 1. The van der Waals surface area contributed by atoms with E-state index in [1.54, 1.807) is 25.7 Å². The Hall–Kier alpha value is -2.91. The molecule has 6 atom stereocenters. The number of piperidine rings is 2. The molecule has 0 radical (unpaired) electrons. The van der Waals surface area contributed by atoms with Gasteiger partial charge in [0.1, 0.15) is 17.7 Å². The number of ketones is 1. The summed E-state index contributed by atoms with van der Waals surface area (Å²) in [5.41, 5.74) is -0.840. The zero-order valence-electron chi connectivity index (χ0n) is 25.3. The van der Waals surface area contributed by atoms with Crippen LogP contribution in [0.5, 0.6) is 0 Å². The highest BCUT2D eigenvalue weighted by atomic mass is 16.6. The molecule has 2 heterocycles. The van der Waals surface area contributed by atoms with Crippen molar-refractivity contribution in [1.82, 2.24) is 20.9 Å². The maximum absolute atomic E-state index is 14.2. The second-order valence-corrected chi connectivity index (χ2v) is 13.9. The van der Waals surface area contributed by atoms with Crippen LogP contribution < -0.4 is 16.0 Å². The number of ether oxygens (including phenoxy) is 1. The van der Waals surface area contributed by atoms with Gasteiger partial charge in [0.05, 0.1) is 6.04 Å². The average Bonchev–Trinajstić information content (AvgIpc) is 3.23. The molecular formula is C31H48N4O6. The number of alkyl carbamates (subject to hydrolysis) is 1. The van der Waals surface area contributed by atoms with Crippen molar-refractivity contribution in [2.75, 3.05) is 13.1 Å². The summed E-state index contributed by atoms with van der Waals surface area (Å²) in [6.45, 7) is 14.1. The Labute approximate surface area is 243 Å². The van der Waals surface area contributed by atoms with Crippen LogP contribution in [0.2, 0.25) is 0 Å². The standard InChI is InChI=1S/C31H48N4O6/c1-7-22(36)21(16-19-14-11-15-32-26(19)37)33-27(38)25-23-20(31(23,5)6)17-35(25)28(39)24(18-12-9-8-10-13-18)34-29(40)41-30(2,3)4/h7,18-21,23-25H,1,8-17H2,2-6H3,(H,32,37)(H,33,38)(H,34,40)/t19-,20-,21-,23-,24?,25-/m0/s1. The largest absolute Gasteiger partial charge is 0.444 e. The molecule has 2 saturated carbocycles. The molecule has 10 heteroatoms. The predicted molar refractivity (Wildman–Crippen MR) is 153 cm³/mol. The van der Waals surface area contributed by atoms with Gasteiger partial charge in [0.25, 0.3) is 0 Å². The van der Waals surface area contributed by atoms with E-state index < -0.39 is 35.7 Å². The molecule has 0 spiro atoms. The predicted octanol–water partition coefficient (Wildman–Crippen LogP) is 3.10. The number of nitrogens with one attached hydrogen (secondary N) is 3. The summed E-state index contributed by atoms with van der Waals surface area (Å²) in [4.78, 5) is 67.8. The molecule has 4 amide bonds. The summed E-state index contributed by atoms with van der Waals surface area (Å²) in [5.74, 6) is -1.47. The Morgan fingerprint density at radius 3 is 2.39 bits per heavy atom. The van der Waals surface area contributed by atoms with E-state index in [1.807, 2.05) is 0 Å². The first-order valence-corrected chi connectivity index (χ1v) is 15.3. The maximum Gasteiger partial charge on any atom is 0.408 e. The lowest BCUT2D eigenvalue weighted by Gasteiger charge is -2.37. The Bertz CT molecular complexity index is 1060. The molecule has 41 heavy (non-hydrogen) atoms. The van der Waals surface area contributed by atoms with Crippen LogP contribution in [0.4, 0.5) is 4.79 Å². The monoisotopic (exact) mass is 572 g/mol. The number of likely N-dealkylation sites (tertiary alicyclic amines) is 1. The third kappa shape index (κ3) is 6.95. The Morgan fingerprint density at radius 2 is 1.78 bits per heavy atom. The summed E-state index contributed by atoms with van der Waals surface area (Å²) in [6, 6.07) is -2.47. The second-order valence-electron chi connectivity index (χ2n) is 13.9. The number of rotatable bonds is 9. The third-order valence-electron chi connectivity index (χ3n) is 9.60. The van der Waals surface area contributed by atoms with Crippen LogP contribution in [0.1, 0.15) is 86.0 Å². The topological polar surface area (TPSA) is 134 Å². The van der Waals surface area contributed by atoms with Crippen LogP contribution in [0.3, 0.4) is 0 Å². The third-order valence-corrected chi connectivity index (χ3v) is 9.60. The first kappa shape index (κ1) is 31.0. The van der Waals surface area contributed by atoms with Crippen LogP contribution in [0.25, 0.3) is 0 Å². The van der Waals surface area contributed by atoms with Gasteiger partial charge in [-0.15, -0.1) is 0 Å². The fraction of sp³-hybridized carbons (Fsp3) is 0.774. The van der Waals surface area contributed by atoms with E-state index >= 15 is 0 Å². The van der Waals surface area contributed by atoms with Crippen LogP contribution in [0.15, 0.2) is 12.7 Å². The van der Waals surface area contributed by atoms with Gasteiger partial charge in [-0.3, -0.25) is 19.2 Å². The molecule has 4 fully saturated rings. The van der Waals surface area contributed by atoms with Crippen LogP contribution in [0, 0.1) is 29.1 Å². The number of carbonyl (C=O) groups excluding carboxylic acids is 5. The molecule has 4 aliphatic rings. The number of fused-ring (bicyclic) bond motifs is 1. The summed E-state index contributed by atoms with van der Waals surface area (Å²) in [6.07, 6.45) is 6.86. The number of amides is 4. The molecule has 1 unspecified atom stereocenters.